The van der Waals surface area contributed by atoms with Crippen LogP contribution in [0.15, 0.2) is 41.8 Å². The molecule has 8 nitrogen and oxygen atoms in total. The average Bonchev–Trinajstić information content (AvgIpc) is 3.42. The lowest BCUT2D eigenvalue weighted by atomic mass is 10.2. The van der Waals surface area contributed by atoms with E-state index in [1.165, 1.54) is 11.3 Å². The Balaban J connectivity index is 1.49. The van der Waals surface area contributed by atoms with Gasteiger partial charge in [0.15, 0.2) is 0 Å². The molecule has 0 radical (unpaired) electrons. The maximum absolute atomic E-state index is 12.5. The molecule has 0 aliphatic carbocycles. The highest BCUT2D eigenvalue weighted by atomic mass is 32.1. The molecule has 1 aromatic carbocycles. The Morgan fingerprint density at radius 2 is 2.00 bits per heavy atom. The van der Waals surface area contributed by atoms with Crippen molar-refractivity contribution < 1.29 is 19.1 Å². The minimum atomic E-state index is -0.586. The molecule has 0 saturated carbocycles. The van der Waals surface area contributed by atoms with Crippen LogP contribution in [-0.4, -0.2) is 48.9 Å². The Morgan fingerprint density at radius 3 is 2.75 bits per heavy atom. The summed E-state index contributed by atoms with van der Waals surface area (Å²) in [5, 5.41) is 4.78. The number of hydrazine groups is 1. The van der Waals surface area contributed by atoms with Gasteiger partial charge in [-0.3, -0.25) is 25.2 Å². The monoisotopic (exact) mass is 402 g/mol. The predicted octanol–water partition coefficient (Wildman–Crippen LogP) is 1.62. The summed E-state index contributed by atoms with van der Waals surface area (Å²) >= 11 is 1.35. The lowest BCUT2D eigenvalue weighted by Crippen LogP contribution is -2.52. The summed E-state index contributed by atoms with van der Waals surface area (Å²) in [6.07, 6.45) is 1.32. The maximum atomic E-state index is 12.5. The van der Waals surface area contributed by atoms with Crippen molar-refractivity contribution in [2.24, 2.45) is 0 Å². The van der Waals surface area contributed by atoms with Crippen molar-refractivity contribution in [1.82, 2.24) is 15.8 Å². The average molecular weight is 402 g/mol. The van der Waals surface area contributed by atoms with Gasteiger partial charge in [0.1, 0.15) is 11.8 Å². The van der Waals surface area contributed by atoms with E-state index in [4.69, 9.17) is 4.74 Å². The second-order valence-corrected chi connectivity index (χ2v) is 7.17. The highest BCUT2D eigenvalue weighted by Gasteiger charge is 2.35. The van der Waals surface area contributed by atoms with Gasteiger partial charge in [0.05, 0.1) is 24.2 Å². The van der Waals surface area contributed by atoms with E-state index in [9.17, 15) is 14.4 Å². The summed E-state index contributed by atoms with van der Waals surface area (Å²) < 4.78 is 5.21. The summed E-state index contributed by atoms with van der Waals surface area (Å²) in [6, 6.07) is 10.2. The van der Waals surface area contributed by atoms with Crippen LogP contribution in [0.25, 0.3) is 0 Å². The Bertz CT molecular complexity index is 840. The molecular formula is C19H22N4O4S. The van der Waals surface area contributed by atoms with E-state index in [1.54, 1.807) is 36.3 Å². The molecule has 3 N–H and O–H groups in total. The van der Waals surface area contributed by atoms with Crippen LogP contribution in [0, 0.1) is 0 Å². The number of carbonyl (C=O) groups is 3. The summed E-state index contributed by atoms with van der Waals surface area (Å²) in [7, 11) is 1.55. The standard InChI is InChI=1S/C19H22N4O4S/c1-27-15-8-3-2-6-13(15)20-12-17(24)21-22-18(25)14-7-4-10-23(14)19(26)16-9-5-11-28-16/h2-3,5-6,8-9,11,14,20H,4,7,10,12H2,1H3,(H,21,24)(H,22,25)/t14-/m0/s1. The van der Waals surface area contributed by atoms with E-state index >= 15 is 0 Å². The third-order valence-electron chi connectivity index (χ3n) is 4.42. The van der Waals surface area contributed by atoms with Crippen LogP contribution in [0.5, 0.6) is 5.75 Å². The number of rotatable bonds is 6. The number of likely N-dealkylation sites (tertiary alicyclic amines) is 1. The Morgan fingerprint density at radius 1 is 1.18 bits per heavy atom. The Hall–Kier alpha value is -3.07. The number of nitrogens with zero attached hydrogens (tertiary/aromatic N) is 1. The third-order valence-corrected chi connectivity index (χ3v) is 5.28. The van der Waals surface area contributed by atoms with E-state index in [1.807, 2.05) is 17.5 Å². The van der Waals surface area contributed by atoms with Crippen molar-refractivity contribution in [2.45, 2.75) is 18.9 Å². The van der Waals surface area contributed by atoms with Gasteiger partial charge in [-0.15, -0.1) is 11.3 Å². The molecule has 1 fully saturated rings. The minimum Gasteiger partial charge on any atom is -0.495 e. The summed E-state index contributed by atoms with van der Waals surface area (Å²) in [5.41, 5.74) is 5.48. The number of hydrogen-bond donors (Lipinski definition) is 3. The summed E-state index contributed by atoms with van der Waals surface area (Å²) in [4.78, 5) is 39.2. The van der Waals surface area contributed by atoms with Gasteiger partial charge in [-0.2, -0.15) is 0 Å². The normalized spacial score (nSPS) is 15.8. The first-order chi connectivity index (χ1) is 13.6. The largest absolute Gasteiger partial charge is 0.495 e. The van der Waals surface area contributed by atoms with E-state index in [-0.39, 0.29) is 12.5 Å². The molecule has 1 saturated heterocycles. The molecule has 0 bridgehead atoms. The van der Waals surface area contributed by atoms with E-state index in [0.29, 0.717) is 29.3 Å². The first-order valence-electron chi connectivity index (χ1n) is 8.90. The minimum absolute atomic E-state index is 0.0385. The fourth-order valence-corrected chi connectivity index (χ4v) is 3.73. The van der Waals surface area contributed by atoms with Crippen molar-refractivity contribution in [2.75, 3.05) is 25.5 Å². The van der Waals surface area contributed by atoms with Crippen LogP contribution in [0.3, 0.4) is 0 Å². The first-order valence-corrected chi connectivity index (χ1v) is 9.78. The molecule has 1 aromatic heterocycles. The highest BCUT2D eigenvalue weighted by Crippen LogP contribution is 2.23. The zero-order chi connectivity index (χ0) is 19.9. The van der Waals surface area contributed by atoms with Crippen molar-refractivity contribution in [1.29, 1.82) is 0 Å². The van der Waals surface area contributed by atoms with Crippen LogP contribution in [-0.2, 0) is 9.59 Å². The molecule has 0 spiro atoms. The number of thiophene rings is 1. The van der Waals surface area contributed by atoms with Crippen LogP contribution in [0.4, 0.5) is 5.69 Å². The Labute approximate surface area is 166 Å². The second-order valence-electron chi connectivity index (χ2n) is 6.23. The molecule has 9 heteroatoms. The van der Waals surface area contributed by atoms with Crippen LogP contribution in [0.2, 0.25) is 0 Å². The number of anilines is 1. The van der Waals surface area contributed by atoms with Crippen molar-refractivity contribution in [3.8, 4) is 5.75 Å². The predicted molar refractivity (Wildman–Crippen MR) is 106 cm³/mol. The molecule has 2 aromatic rings. The lowest BCUT2D eigenvalue weighted by Gasteiger charge is -2.23. The zero-order valence-electron chi connectivity index (χ0n) is 15.4. The molecule has 3 rings (SSSR count). The highest BCUT2D eigenvalue weighted by molar-refractivity contribution is 7.12. The summed E-state index contributed by atoms with van der Waals surface area (Å²) in [6.45, 7) is 0.487. The maximum Gasteiger partial charge on any atom is 0.264 e. The second kappa shape index (κ2) is 9.23. The fraction of sp³-hybridized carbons (Fsp3) is 0.316. The smallest absolute Gasteiger partial charge is 0.264 e. The molecule has 1 aliphatic heterocycles. The molecule has 148 valence electrons. The number of amides is 3. The molecule has 0 unspecified atom stereocenters. The van der Waals surface area contributed by atoms with E-state index in [2.05, 4.69) is 16.2 Å². The van der Waals surface area contributed by atoms with E-state index < -0.39 is 17.9 Å². The van der Waals surface area contributed by atoms with Gasteiger partial charge in [0, 0.05) is 6.54 Å². The van der Waals surface area contributed by atoms with Crippen molar-refractivity contribution in [3.05, 3.63) is 46.7 Å². The number of para-hydroxylation sites is 2. The molecule has 1 aliphatic rings. The van der Waals surface area contributed by atoms with Gasteiger partial charge in [0.25, 0.3) is 17.7 Å². The zero-order valence-corrected chi connectivity index (χ0v) is 16.3. The number of ether oxygens (including phenoxy) is 1. The molecular weight excluding hydrogens is 380 g/mol. The van der Waals surface area contributed by atoms with Crippen LogP contribution in [0.1, 0.15) is 22.5 Å². The SMILES string of the molecule is COc1ccccc1NCC(=O)NNC(=O)[C@@H]1CCCN1C(=O)c1cccs1. The van der Waals surface area contributed by atoms with Gasteiger partial charge in [-0.05, 0) is 36.4 Å². The molecule has 3 amide bonds. The number of nitrogens with one attached hydrogen (secondary N) is 3. The number of carbonyl (C=O) groups excluding carboxylic acids is 3. The Kier molecular flexibility index (Phi) is 6.49. The number of methoxy groups -OCH3 is 1. The third kappa shape index (κ3) is 4.61. The quantitative estimate of drug-likeness (QED) is 0.638. The van der Waals surface area contributed by atoms with Crippen LogP contribution >= 0.6 is 11.3 Å². The number of benzene rings is 1. The molecule has 1 atom stereocenters. The summed E-state index contributed by atoms with van der Waals surface area (Å²) in [5.74, 6) is -0.341. The molecule has 2 heterocycles. The molecule has 28 heavy (non-hydrogen) atoms. The van der Waals surface area contributed by atoms with E-state index in [0.717, 1.165) is 6.42 Å². The van der Waals surface area contributed by atoms with Gasteiger partial charge in [-0.1, -0.05) is 18.2 Å². The number of hydrogen-bond acceptors (Lipinski definition) is 6. The van der Waals surface area contributed by atoms with Crippen molar-refractivity contribution >= 4 is 34.7 Å². The van der Waals surface area contributed by atoms with Gasteiger partial charge >= 0.3 is 0 Å². The van der Waals surface area contributed by atoms with Crippen LogP contribution < -0.4 is 20.9 Å². The van der Waals surface area contributed by atoms with Gasteiger partial charge < -0.3 is 15.0 Å². The van der Waals surface area contributed by atoms with Gasteiger partial charge in [-0.25, -0.2) is 0 Å². The van der Waals surface area contributed by atoms with Gasteiger partial charge in [0.2, 0.25) is 0 Å². The first kappa shape index (κ1) is 19.7. The van der Waals surface area contributed by atoms with Crippen molar-refractivity contribution in [3.63, 3.8) is 0 Å². The lowest BCUT2D eigenvalue weighted by molar-refractivity contribution is -0.130. The topological polar surface area (TPSA) is 99.8 Å². The fourth-order valence-electron chi connectivity index (χ4n) is 3.05.